The van der Waals surface area contributed by atoms with E-state index in [1.165, 1.54) is 6.92 Å². The molecule has 7 aliphatic heterocycles. The smallest absolute Gasteiger partial charge is 0.314 e. The molecule has 5 saturated carbocycles. The van der Waals surface area contributed by atoms with Gasteiger partial charge in [0.25, 0.3) is 0 Å². The lowest BCUT2D eigenvalue weighted by Crippen LogP contribution is -2.68. The molecule has 2 bridgehead atoms. The molecule has 37 nitrogen and oxygen atoms in total. The van der Waals surface area contributed by atoms with Crippen LogP contribution in [0.2, 0.25) is 0 Å². The van der Waals surface area contributed by atoms with Crippen molar-refractivity contribution in [2.24, 2.45) is 34.0 Å². The van der Waals surface area contributed by atoms with E-state index in [2.05, 4.69) is 13.5 Å². The van der Waals surface area contributed by atoms with E-state index in [4.69, 9.17) is 66.3 Å². The van der Waals surface area contributed by atoms with Crippen molar-refractivity contribution in [3.63, 3.8) is 0 Å². The van der Waals surface area contributed by atoms with Crippen molar-refractivity contribution < 1.29 is 183 Å². The summed E-state index contributed by atoms with van der Waals surface area (Å²) in [6, 6.07) is 0. The van der Waals surface area contributed by atoms with Crippen LogP contribution in [0, 0.1) is 34.0 Å². The van der Waals surface area contributed by atoms with Gasteiger partial charge in [-0.05, 0) is 81.5 Å². The summed E-state index contributed by atoms with van der Waals surface area (Å²) in [5.74, 6) is -2.03. The Morgan fingerprint density at radius 1 is 0.414 bits per heavy atom. The maximum Gasteiger partial charge on any atom is 0.314 e. The Morgan fingerprint density at radius 3 is 1.22 bits per heavy atom. The van der Waals surface area contributed by atoms with Gasteiger partial charge in [-0.25, -0.2) is 0 Å². The first-order chi connectivity index (χ1) is 46.8. The molecule has 0 amide bonds. The standard InChI is InChI=1S/C62H100O37/c1-19-11-62-9-6-29-60(3,30(62)10-21(19)22(12-62)87-57-50(97-55-45(83)41(79)35(73)26(16-66)91-55)48(36(74)27(17-67)92-57)95-53-43(81)39(77)33(71)24(14-64)89-53)7-5-8-61(29,4)59(85)99-58-51(49(37(75)28(18-68)93-58)96-54-44(82)40(78)34(72)25(15-65)90-54)98-56-46(84)47(31(69)20(2)86-56)94-52-42(80)38(76)32(70)23(13-63)88-52/h20-58,63-84H,1,5-18H2,2-4H3/t20?,21?,22-,23?,24?,25?,26?,27?,28?,29+,30+,31?,32?,33?,34?,35?,36?,37?,38?,39?,40?,41?,42?,43?,44?,45?,46?,47?,48?,49?,50?,51?,52?,53?,54?,55?,56?,57?,58?,60-,61-,62-/m1/s1. The zero-order chi connectivity index (χ0) is 72.0. The molecular formula is C62H100O37. The zero-order valence-corrected chi connectivity index (χ0v) is 54.6. The number of aliphatic hydroxyl groups excluding tert-OH is 22. The van der Waals surface area contributed by atoms with Gasteiger partial charge < -0.3 is 179 Å². The maximum atomic E-state index is 15.7. The van der Waals surface area contributed by atoms with Gasteiger partial charge in [0.1, 0.15) is 159 Å². The molecule has 99 heavy (non-hydrogen) atoms. The second kappa shape index (κ2) is 31.0. The van der Waals surface area contributed by atoms with Crippen molar-refractivity contribution in [3.8, 4) is 0 Å². The molecule has 0 radical (unpaired) electrons. The summed E-state index contributed by atoms with van der Waals surface area (Å²) in [7, 11) is 0. The molecule has 0 aromatic heterocycles. The first-order valence-electron chi connectivity index (χ1n) is 33.8. The van der Waals surface area contributed by atoms with Gasteiger partial charge in [-0.2, -0.15) is 0 Å². The van der Waals surface area contributed by atoms with Crippen molar-refractivity contribution in [2.45, 2.75) is 293 Å². The van der Waals surface area contributed by atoms with Crippen molar-refractivity contribution in [2.75, 3.05) is 39.6 Å². The third-order valence-corrected chi connectivity index (χ3v) is 23.3. The lowest BCUT2D eigenvalue weighted by molar-refractivity contribution is -0.398. The molecule has 0 aromatic rings. The molecule has 36 unspecified atom stereocenters. The van der Waals surface area contributed by atoms with Crippen LogP contribution >= 0.6 is 0 Å². The third kappa shape index (κ3) is 14.2. The van der Waals surface area contributed by atoms with E-state index < -0.39 is 295 Å². The van der Waals surface area contributed by atoms with Gasteiger partial charge in [-0.1, -0.05) is 25.5 Å². The highest BCUT2D eigenvalue weighted by atomic mass is 16.8. The van der Waals surface area contributed by atoms with Crippen molar-refractivity contribution >= 4 is 5.97 Å². The number of ether oxygens (including phenoxy) is 14. The van der Waals surface area contributed by atoms with Gasteiger partial charge in [-0.3, -0.25) is 4.79 Å². The van der Waals surface area contributed by atoms with Gasteiger partial charge in [0, 0.05) is 5.92 Å². The van der Waals surface area contributed by atoms with Crippen molar-refractivity contribution in [1.29, 1.82) is 0 Å². The lowest BCUT2D eigenvalue weighted by Gasteiger charge is -2.69. The van der Waals surface area contributed by atoms with Crippen molar-refractivity contribution in [3.05, 3.63) is 12.2 Å². The predicted octanol–water partition coefficient (Wildman–Crippen LogP) is -10.8. The average Bonchev–Trinajstić information content (AvgIpc) is 0.689. The molecule has 22 N–H and O–H groups in total. The normalized spacial score (nSPS) is 54.9. The Labute approximate surface area is 566 Å². The molecular weight excluding hydrogens is 1340 g/mol. The molecule has 42 atom stereocenters. The third-order valence-electron chi connectivity index (χ3n) is 23.3. The number of hydrogen-bond donors (Lipinski definition) is 22. The molecule has 7 heterocycles. The largest absolute Gasteiger partial charge is 0.432 e. The van der Waals surface area contributed by atoms with Crippen LogP contribution in [0.5, 0.6) is 0 Å². The average molecular weight is 1440 g/mol. The van der Waals surface area contributed by atoms with E-state index in [1.807, 2.05) is 0 Å². The van der Waals surface area contributed by atoms with Crippen molar-refractivity contribution in [1.82, 2.24) is 0 Å². The molecule has 7 saturated heterocycles. The minimum atomic E-state index is -2.15. The number of esters is 1. The number of carbonyl (C=O) groups is 1. The second-order valence-corrected chi connectivity index (χ2v) is 29.2. The maximum absolute atomic E-state index is 15.7. The molecule has 1 spiro atoms. The lowest BCUT2D eigenvalue weighted by atomic mass is 9.36. The quantitative estimate of drug-likeness (QED) is 0.0306. The summed E-state index contributed by atoms with van der Waals surface area (Å²) < 4.78 is 85.0. The van der Waals surface area contributed by atoms with Gasteiger partial charge in [0.2, 0.25) is 6.29 Å². The number of aliphatic hydroxyl groups is 22. The Morgan fingerprint density at radius 2 is 0.788 bits per heavy atom. The Bertz CT molecular complexity index is 2690. The Hall–Kier alpha value is -2.19. The van der Waals surface area contributed by atoms with Crippen LogP contribution in [0.1, 0.15) is 72.1 Å². The molecule has 12 fully saturated rings. The predicted molar refractivity (Wildman–Crippen MR) is 315 cm³/mol. The highest BCUT2D eigenvalue weighted by Crippen LogP contribution is 2.73. The van der Waals surface area contributed by atoms with Crippen LogP contribution in [0.4, 0.5) is 0 Å². The van der Waals surface area contributed by atoms with E-state index in [1.54, 1.807) is 6.92 Å². The Balaban J connectivity index is 0.866. The number of rotatable bonds is 20. The minimum absolute atomic E-state index is 0.179. The molecule has 37 heteroatoms. The fraction of sp³-hybridized carbons (Fsp3) is 0.952. The summed E-state index contributed by atoms with van der Waals surface area (Å²) in [5, 5.41) is 239. The first-order valence-corrected chi connectivity index (χ1v) is 33.8. The van der Waals surface area contributed by atoms with Crippen LogP contribution in [0.3, 0.4) is 0 Å². The van der Waals surface area contributed by atoms with Gasteiger partial charge >= 0.3 is 5.97 Å². The fourth-order valence-electron chi connectivity index (χ4n) is 17.7. The van der Waals surface area contributed by atoms with Crippen LogP contribution in [0.25, 0.3) is 0 Å². The van der Waals surface area contributed by atoms with E-state index >= 15 is 4.79 Å². The molecule has 0 aromatic carbocycles. The highest BCUT2D eigenvalue weighted by Gasteiger charge is 2.69. The molecule has 12 rings (SSSR count). The Kier molecular flexibility index (Phi) is 24.4. The van der Waals surface area contributed by atoms with Crippen LogP contribution in [0.15, 0.2) is 12.2 Å². The van der Waals surface area contributed by atoms with E-state index in [-0.39, 0.29) is 12.3 Å². The number of carbonyl (C=O) groups excluding carboxylic acids is 1. The van der Waals surface area contributed by atoms with E-state index in [0.29, 0.717) is 44.9 Å². The van der Waals surface area contributed by atoms with Gasteiger partial charge in [0.05, 0.1) is 57.3 Å². The topological polar surface area (TPSA) is 591 Å². The SMILES string of the molecule is C=C1C[C@@]23CC[C@H]4[C@@](C)(CCC[C@@]4(C)C(=O)OC4OC(CO)C(O)C(OC5OC(CO)C(O)C(O)C5O)C4OC4OC(C)C(O)C(OC5OC(CO)C(O)C(O)C5O)C4O)[C@@H]2CC1[C@H](OC1OC(CO)C(O)C(OC2OC(CO)C(O)C(O)C2O)C1OC1OC(CO)C(O)C(O)C1O)C3. The molecule has 12 aliphatic rings. The minimum Gasteiger partial charge on any atom is -0.432 e. The fourth-order valence-corrected chi connectivity index (χ4v) is 17.7. The first kappa shape index (κ1) is 77.9. The highest BCUT2D eigenvalue weighted by molar-refractivity contribution is 5.77. The monoisotopic (exact) mass is 1440 g/mol. The molecule has 5 aliphatic carbocycles. The summed E-state index contributed by atoms with van der Waals surface area (Å²) in [6.07, 6.45) is -62.6. The van der Waals surface area contributed by atoms with E-state index in [9.17, 15) is 112 Å². The number of fused-ring (bicyclic) bond motifs is 3. The summed E-state index contributed by atoms with van der Waals surface area (Å²) >= 11 is 0. The summed E-state index contributed by atoms with van der Waals surface area (Å²) in [5.41, 5.74) is -1.91. The van der Waals surface area contributed by atoms with Gasteiger partial charge in [0.15, 0.2) is 43.8 Å². The van der Waals surface area contributed by atoms with Crippen LogP contribution < -0.4 is 0 Å². The zero-order valence-electron chi connectivity index (χ0n) is 54.6. The summed E-state index contributed by atoms with van der Waals surface area (Å²) in [4.78, 5) is 15.7. The number of hydrogen-bond acceptors (Lipinski definition) is 37. The van der Waals surface area contributed by atoms with Crippen LogP contribution in [-0.2, 0) is 71.1 Å². The second-order valence-electron chi connectivity index (χ2n) is 29.2. The summed E-state index contributed by atoms with van der Waals surface area (Å²) in [6.45, 7) is 4.23. The van der Waals surface area contributed by atoms with Crippen LogP contribution in [-0.4, -0.2) is 379 Å². The van der Waals surface area contributed by atoms with E-state index in [0.717, 1.165) is 5.57 Å². The van der Waals surface area contributed by atoms with Gasteiger partial charge in [-0.15, -0.1) is 0 Å². The molecule has 570 valence electrons.